The number of thioether (sulfide) groups is 2. The summed E-state index contributed by atoms with van der Waals surface area (Å²) in [5.41, 5.74) is 0.181. The molecule has 0 aromatic heterocycles. The summed E-state index contributed by atoms with van der Waals surface area (Å²) >= 11 is 2.10. The van der Waals surface area contributed by atoms with E-state index < -0.39 is 88.3 Å². The number of nitriles is 2. The molecular weight excluding hydrogens is 1220 g/mol. The number of esters is 10. The Morgan fingerprint density at radius 1 is 0.495 bits per heavy atom. The van der Waals surface area contributed by atoms with Gasteiger partial charge < -0.3 is 47.4 Å². The predicted molar refractivity (Wildman–Crippen MR) is 327 cm³/mol. The average molecular weight is 1290 g/mol. The van der Waals surface area contributed by atoms with E-state index in [0.717, 1.165) is 46.8 Å². The minimum Gasteiger partial charge on any atom is -0.465 e. The van der Waals surface area contributed by atoms with E-state index in [9.17, 15) is 58.5 Å². The van der Waals surface area contributed by atoms with E-state index in [0.29, 0.717) is 89.7 Å². The Labute approximate surface area is 536 Å². The van der Waals surface area contributed by atoms with Crippen LogP contribution in [0.5, 0.6) is 23.0 Å². The van der Waals surface area contributed by atoms with E-state index in [1.165, 1.54) is 12.1 Å². The molecule has 24 heteroatoms. The van der Waals surface area contributed by atoms with Gasteiger partial charge in [-0.15, -0.1) is 0 Å². The van der Waals surface area contributed by atoms with E-state index in [4.69, 9.17) is 47.4 Å². The number of allylic oxidation sites excluding steroid dienone is 1. The van der Waals surface area contributed by atoms with Gasteiger partial charge in [-0.3, -0.25) is 38.4 Å². The topological polar surface area (TPSA) is 311 Å². The molecule has 2 aliphatic carbocycles. The first-order valence-corrected chi connectivity index (χ1v) is 31.4. The number of hydrogen-bond acceptors (Lipinski definition) is 24. The van der Waals surface area contributed by atoms with Crippen molar-refractivity contribution in [2.24, 2.45) is 34.5 Å². The second-order valence-corrected chi connectivity index (χ2v) is 25.8. The van der Waals surface area contributed by atoms with Crippen molar-refractivity contribution >= 4 is 83.2 Å². The van der Waals surface area contributed by atoms with Crippen LogP contribution < -0.4 is 18.9 Å². The molecule has 0 bridgehead atoms. The number of benzene rings is 3. The zero-order valence-electron chi connectivity index (χ0n) is 51.4. The number of carbonyl (C=O) groups excluding carboxylic acids is 10. The van der Waals surface area contributed by atoms with Crippen LogP contribution in [0.2, 0.25) is 0 Å². The molecule has 2 saturated carbocycles. The summed E-state index contributed by atoms with van der Waals surface area (Å²) in [7, 11) is 0. The maximum atomic E-state index is 13.7. The highest BCUT2D eigenvalue weighted by atomic mass is 32.2. The Kier molecular flexibility index (Phi) is 27.5. The van der Waals surface area contributed by atoms with E-state index in [-0.39, 0.29) is 94.7 Å². The standard InChI is InChI=1S/C67H74N2O20S2/c1-7-53(70)82-38-66(3,4)40-84-57(74)28-26-55(72)80-32-30-42-12-20-49(21-13-42)86-62(77)45-16-18-46(19-17-45)63(78)89-52-25-24-51(60-61(52)91-65(90-60)48(36-68)37-69)88-59(76)35-44-10-9-11-47(34-44)64(79)87-50-22-14-43(15-23-50)31-33-81-56(73)27-29-58(75)85-41-67(5,6)39-83-54(71)8-2/h7-8,12-15,20-25,44-47H,1-2,9-11,16-19,26-35,38-41H2,3-6H3. The van der Waals surface area contributed by atoms with Crippen molar-refractivity contribution in [2.75, 3.05) is 39.6 Å². The second-order valence-electron chi connectivity index (χ2n) is 23.5. The Morgan fingerprint density at radius 2 is 0.890 bits per heavy atom. The van der Waals surface area contributed by atoms with E-state index in [1.807, 2.05) is 12.1 Å². The van der Waals surface area contributed by atoms with Crippen molar-refractivity contribution in [1.29, 1.82) is 10.5 Å². The van der Waals surface area contributed by atoms with E-state index in [1.54, 1.807) is 76.2 Å². The number of carbonyl (C=O) groups is 10. The van der Waals surface area contributed by atoms with Crippen LogP contribution in [0.1, 0.15) is 122 Å². The largest absolute Gasteiger partial charge is 0.465 e. The molecule has 3 aromatic rings. The first kappa shape index (κ1) is 71.3. The fourth-order valence-corrected chi connectivity index (χ4v) is 12.0. The number of fused-ring (bicyclic) bond motifs is 1. The third kappa shape index (κ3) is 23.9. The molecule has 91 heavy (non-hydrogen) atoms. The predicted octanol–water partition coefficient (Wildman–Crippen LogP) is 10.5. The lowest BCUT2D eigenvalue weighted by atomic mass is 9.80. The summed E-state index contributed by atoms with van der Waals surface area (Å²) in [4.78, 5) is 126. The number of rotatable bonds is 31. The van der Waals surface area contributed by atoms with E-state index >= 15 is 0 Å². The summed E-state index contributed by atoms with van der Waals surface area (Å²) in [6.45, 7) is 13.8. The van der Waals surface area contributed by atoms with Gasteiger partial charge in [-0.05, 0) is 98.4 Å². The third-order valence-corrected chi connectivity index (χ3v) is 17.3. The van der Waals surface area contributed by atoms with Crippen molar-refractivity contribution in [3.8, 4) is 35.1 Å². The highest BCUT2D eigenvalue weighted by Crippen LogP contribution is 2.59. The molecule has 2 atom stereocenters. The van der Waals surface area contributed by atoms with E-state index in [2.05, 4.69) is 13.2 Å². The molecule has 484 valence electrons. The summed E-state index contributed by atoms with van der Waals surface area (Å²) in [5.74, 6) is -6.25. The molecule has 1 aliphatic heterocycles. The van der Waals surface area contributed by atoms with Gasteiger partial charge in [0.15, 0.2) is 0 Å². The quantitative estimate of drug-likeness (QED) is 0.0190. The molecule has 2 unspecified atom stereocenters. The molecule has 6 rings (SSSR count). The molecule has 1 heterocycles. The monoisotopic (exact) mass is 1290 g/mol. The highest BCUT2D eigenvalue weighted by molar-refractivity contribution is 8.24. The van der Waals surface area contributed by atoms with Crippen LogP contribution in [0.25, 0.3) is 0 Å². The maximum absolute atomic E-state index is 13.7. The Bertz CT molecular complexity index is 3280. The smallest absolute Gasteiger partial charge is 0.330 e. The van der Waals surface area contributed by atoms with Crippen LogP contribution in [0.3, 0.4) is 0 Å². The maximum Gasteiger partial charge on any atom is 0.330 e. The van der Waals surface area contributed by atoms with Crippen LogP contribution in [0, 0.1) is 57.2 Å². The molecular formula is C67H74N2O20S2. The van der Waals surface area contributed by atoms with Gasteiger partial charge in [0.05, 0.1) is 97.1 Å². The fourth-order valence-electron chi connectivity index (χ4n) is 9.55. The normalized spacial score (nSPS) is 16.7. The third-order valence-electron chi connectivity index (χ3n) is 14.7. The minimum absolute atomic E-state index is 0.00837. The van der Waals surface area contributed by atoms with Crippen LogP contribution in [0.15, 0.2) is 106 Å². The highest BCUT2D eigenvalue weighted by Gasteiger charge is 2.36. The van der Waals surface area contributed by atoms with Crippen molar-refractivity contribution in [3.63, 3.8) is 0 Å². The molecule has 22 nitrogen and oxygen atoms in total. The van der Waals surface area contributed by atoms with Crippen LogP contribution in [0.4, 0.5) is 0 Å². The van der Waals surface area contributed by atoms with Gasteiger partial charge in [-0.1, -0.05) is 95.1 Å². The molecule has 0 radical (unpaired) electrons. The van der Waals surface area contributed by atoms with Gasteiger partial charge in [-0.25, -0.2) is 9.59 Å². The van der Waals surface area contributed by atoms with Crippen molar-refractivity contribution in [3.05, 3.63) is 107 Å². The van der Waals surface area contributed by atoms with Gasteiger partial charge in [0.2, 0.25) is 0 Å². The summed E-state index contributed by atoms with van der Waals surface area (Å²) in [6, 6.07) is 20.3. The molecule has 0 saturated heterocycles. The van der Waals surface area contributed by atoms with Crippen LogP contribution >= 0.6 is 23.5 Å². The lowest BCUT2D eigenvalue weighted by Crippen LogP contribution is -2.30. The first-order valence-electron chi connectivity index (χ1n) is 29.8. The van der Waals surface area contributed by atoms with Crippen LogP contribution in [-0.4, -0.2) is 99.3 Å². The summed E-state index contributed by atoms with van der Waals surface area (Å²) in [5, 5.41) is 19.5. The average Bonchev–Trinajstić information content (AvgIpc) is 1.70. The lowest BCUT2D eigenvalue weighted by molar-refractivity contribution is -0.154. The zero-order chi connectivity index (χ0) is 66.1. The fraction of sp³-hybridized carbons (Fsp3) is 0.463. The molecule has 2 fully saturated rings. The van der Waals surface area contributed by atoms with Crippen molar-refractivity contribution in [2.45, 2.75) is 134 Å². The van der Waals surface area contributed by atoms with Gasteiger partial charge in [0.25, 0.3) is 0 Å². The number of ether oxygens (including phenoxy) is 10. The Morgan fingerprint density at radius 3 is 1.32 bits per heavy atom. The molecule has 3 aromatic carbocycles. The van der Waals surface area contributed by atoms with Gasteiger partial charge in [-0.2, -0.15) is 10.5 Å². The minimum atomic E-state index is -0.633. The Balaban J connectivity index is 0.901. The zero-order valence-corrected chi connectivity index (χ0v) is 53.0. The van der Waals surface area contributed by atoms with Gasteiger partial charge >= 0.3 is 59.7 Å². The number of hydrogen-bond donors (Lipinski definition) is 0. The molecule has 0 N–H and O–H groups in total. The first-order chi connectivity index (χ1) is 43.4. The number of nitrogens with zero attached hydrogens (tertiary/aromatic N) is 2. The second kappa shape index (κ2) is 35.0. The van der Waals surface area contributed by atoms with Gasteiger partial charge in [0, 0.05) is 42.2 Å². The SMILES string of the molecule is C=CC(=O)OCC(C)(C)COC(=O)CCC(=O)OCCc1ccc(OC(=O)C2CCC(C(=O)Oc3ccc(OC(=O)CC4CCCC(C(=O)Oc5ccc(CCOC(=O)CCC(=O)OCC(C)(C)COC(=O)C=C)cc5)C4)c4c3SC(=C(C#N)C#N)S4)CC2)cc1. The van der Waals surface area contributed by atoms with Crippen LogP contribution in [-0.2, 0) is 89.2 Å². The molecule has 0 amide bonds. The molecule has 0 spiro atoms. The molecule has 3 aliphatic rings. The lowest BCUT2D eigenvalue weighted by Gasteiger charge is -2.27. The van der Waals surface area contributed by atoms with Crippen molar-refractivity contribution in [1.82, 2.24) is 0 Å². The van der Waals surface area contributed by atoms with Crippen molar-refractivity contribution < 1.29 is 95.3 Å². The summed E-state index contributed by atoms with van der Waals surface area (Å²) in [6.07, 6.45) is 5.79. The van der Waals surface area contributed by atoms with Gasteiger partial charge in [0.1, 0.15) is 40.7 Å². The summed E-state index contributed by atoms with van der Waals surface area (Å²) < 4.78 is 54.7. The Hall–Kier alpha value is -8.74.